The molecule has 1 saturated heterocycles. The Bertz CT molecular complexity index is 492. The largest absolute Gasteiger partial charge is 0.325 e. The molecule has 1 aromatic rings. The molecule has 0 aromatic heterocycles. The lowest BCUT2D eigenvalue weighted by atomic mass is 10.2. The first-order valence-corrected chi connectivity index (χ1v) is 7.98. The molecule has 1 fully saturated rings. The van der Waals surface area contributed by atoms with E-state index in [1.807, 2.05) is 19.1 Å². The van der Waals surface area contributed by atoms with Crippen LogP contribution >= 0.6 is 11.6 Å². The molecule has 0 spiro atoms. The highest BCUT2D eigenvalue weighted by atomic mass is 35.5. The van der Waals surface area contributed by atoms with Crippen LogP contribution in [0, 0.1) is 6.92 Å². The van der Waals surface area contributed by atoms with Gasteiger partial charge in [-0.25, -0.2) is 0 Å². The fourth-order valence-corrected chi connectivity index (χ4v) is 2.99. The van der Waals surface area contributed by atoms with Crippen molar-refractivity contribution in [1.29, 1.82) is 0 Å². The van der Waals surface area contributed by atoms with Gasteiger partial charge >= 0.3 is 0 Å². The second kappa shape index (κ2) is 7.78. The summed E-state index contributed by atoms with van der Waals surface area (Å²) in [7, 11) is 0. The van der Waals surface area contributed by atoms with Gasteiger partial charge in [-0.2, -0.15) is 0 Å². The van der Waals surface area contributed by atoms with Gasteiger partial charge in [0.25, 0.3) is 0 Å². The van der Waals surface area contributed by atoms with Gasteiger partial charge in [0.1, 0.15) is 0 Å². The van der Waals surface area contributed by atoms with Crippen molar-refractivity contribution in [2.24, 2.45) is 0 Å². The molecule has 2 N–H and O–H groups in total. The number of likely N-dealkylation sites (tertiary alicyclic amines) is 1. The second-order valence-electron chi connectivity index (χ2n) is 5.56. The number of hydrogen-bond donors (Lipinski definition) is 2. The number of nitrogens with zero attached hydrogens (tertiary/aromatic N) is 1. The lowest BCUT2D eigenvalue weighted by Gasteiger charge is -2.22. The van der Waals surface area contributed by atoms with Gasteiger partial charge in [-0.05, 0) is 50.6 Å². The first-order chi connectivity index (χ1) is 10.1. The predicted molar refractivity (Wildman–Crippen MR) is 88.0 cm³/mol. The maximum absolute atomic E-state index is 12.0. The Morgan fingerprint density at radius 1 is 1.48 bits per heavy atom. The standard InChI is InChI=1S/C16H24ClN3O/c1-3-20-8-4-5-14(20)10-18-11-16(21)19-15-9-13(17)7-6-12(15)2/h6-7,9,14,18H,3-5,8,10-11H2,1-2H3,(H,19,21). The average Bonchev–Trinajstić information content (AvgIpc) is 2.90. The van der Waals surface area contributed by atoms with Crippen molar-refractivity contribution >= 4 is 23.2 Å². The summed E-state index contributed by atoms with van der Waals surface area (Å²) in [6.07, 6.45) is 2.48. The molecule has 0 bridgehead atoms. The summed E-state index contributed by atoms with van der Waals surface area (Å²) in [5, 5.41) is 6.79. The first kappa shape index (κ1) is 16.3. The third-order valence-corrected chi connectivity index (χ3v) is 4.28. The number of halogens is 1. The minimum atomic E-state index is -0.0265. The van der Waals surface area contributed by atoms with Crippen LogP contribution in [0.25, 0.3) is 0 Å². The molecule has 0 radical (unpaired) electrons. The summed E-state index contributed by atoms with van der Waals surface area (Å²) in [6.45, 7) is 7.61. The summed E-state index contributed by atoms with van der Waals surface area (Å²) < 4.78 is 0. The first-order valence-electron chi connectivity index (χ1n) is 7.61. The molecule has 116 valence electrons. The smallest absolute Gasteiger partial charge is 0.238 e. The number of likely N-dealkylation sites (N-methyl/N-ethyl adjacent to an activating group) is 1. The molecule has 5 heteroatoms. The van der Waals surface area contributed by atoms with Crippen LogP contribution < -0.4 is 10.6 Å². The third-order valence-electron chi connectivity index (χ3n) is 4.04. The Morgan fingerprint density at radius 3 is 3.05 bits per heavy atom. The van der Waals surface area contributed by atoms with Gasteiger partial charge in [0, 0.05) is 23.3 Å². The van der Waals surface area contributed by atoms with Gasteiger partial charge in [0.15, 0.2) is 0 Å². The molecule has 1 heterocycles. The zero-order chi connectivity index (χ0) is 15.2. The SMILES string of the molecule is CCN1CCCC1CNCC(=O)Nc1cc(Cl)ccc1C. The van der Waals surface area contributed by atoms with Gasteiger partial charge in [-0.1, -0.05) is 24.6 Å². The Kier molecular flexibility index (Phi) is 6.03. The Labute approximate surface area is 131 Å². The molecule has 1 aliphatic rings. The molecule has 1 atom stereocenters. The molecule has 1 aliphatic heterocycles. The summed E-state index contributed by atoms with van der Waals surface area (Å²) in [5.74, 6) is -0.0265. The maximum atomic E-state index is 12.0. The molecule has 2 rings (SSSR count). The van der Waals surface area contributed by atoms with Crippen molar-refractivity contribution in [3.63, 3.8) is 0 Å². The summed E-state index contributed by atoms with van der Waals surface area (Å²) >= 11 is 5.95. The fraction of sp³-hybridized carbons (Fsp3) is 0.562. The van der Waals surface area contributed by atoms with E-state index < -0.39 is 0 Å². The zero-order valence-electron chi connectivity index (χ0n) is 12.8. The quantitative estimate of drug-likeness (QED) is 0.849. The molecule has 1 aromatic carbocycles. The summed E-state index contributed by atoms with van der Waals surface area (Å²) in [4.78, 5) is 14.4. The molecular weight excluding hydrogens is 286 g/mol. The number of hydrogen-bond acceptors (Lipinski definition) is 3. The van der Waals surface area contributed by atoms with E-state index >= 15 is 0 Å². The third kappa shape index (κ3) is 4.70. The molecule has 0 aliphatic carbocycles. The van der Waals surface area contributed by atoms with E-state index in [4.69, 9.17) is 11.6 Å². The number of carbonyl (C=O) groups excluding carboxylic acids is 1. The number of aryl methyl sites for hydroxylation is 1. The van der Waals surface area contributed by atoms with E-state index in [2.05, 4.69) is 22.5 Å². The molecule has 0 saturated carbocycles. The van der Waals surface area contributed by atoms with Crippen LogP contribution in [0.3, 0.4) is 0 Å². The highest BCUT2D eigenvalue weighted by Gasteiger charge is 2.22. The maximum Gasteiger partial charge on any atom is 0.238 e. The minimum absolute atomic E-state index is 0.0265. The Balaban J connectivity index is 1.76. The number of rotatable bonds is 6. The van der Waals surface area contributed by atoms with Gasteiger partial charge < -0.3 is 10.6 Å². The lowest BCUT2D eigenvalue weighted by molar-refractivity contribution is -0.115. The molecule has 4 nitrogen and oxygen atoms in total. The number of anilines is 1. The molecular formula is C16H24ClN3O. The van der Waals surface area contributed by atoms with E-state index in [-0.39, 0.29) is 5.91 Å². The van der Waals surface area contributed by atoms with Crippen molar-refractivity contribution in [3.05, 3.63) is 28.8 Å². The number of benzene rings is 1. The molecule has 1 amide bonds. The van der Waals surface area contributed by atoms with Crippen molar-refractivity contribution in [1.82, 2.24) is 10.2 Å². The minimum Gasteiger partial charge on any atom is -0.325 e. The van der Waals surface area contributed by atoms with Crippen LogP contribution in [0.1, 0.15) is 25.3 Å². The zero-order valence-corrected chi connectivity index (χ0v) is 13.5. The van der Waals surface area contributed by atoms with Crippen LogP contribution in [0.15, 0.2) is 18.2 Å². The average molecular weight is 310 g/mol. The summed E-state index contributed by atoms with van der Waals surface area (Å²) in [5.41, 5.74) is 1.80. The second-order valence-corrected chi connectivity index (χ2v) is 6.00. The number of amides is 1. The van der Waals surface area contributed by atoms with Crippen molar-refractivity contribution in [2.45, 2.75) is 32.7 Å². The van der Waals surface area contributed by atoms with Gasteiger partial charge in [0.05, 0.1) is 6.54 Å². The van der Waals surface area contributed by atoms with E-state index in [9.17, 15) is 4.79 Å². The van der Waals surface area contributed by atoms with Crippen LogP contribution in [0.2, 0.25) is 5.02 Å². The van der Waals surface area contributed by atoms with E-state index in [0.29, 0.717) is 17.6 Å². The highest BCUT2D eigenvalue weighted by Crippen LogP contribution is 2.20. The number of carbonyl (C=O) groups is 1. The van der Waals surface area contributed by atoms with Crippen LogP contribution in [-0.2, 0) is 4.79 Å². The Morgan fingerprint density at radius 2 is 2.29 bits per heavy atom. The van der Waals surface area contributed by atoms with Crippen LogP contribution in [0.5, 0.6) is 0 Å². The lowest BCUT2D eigenvalue weighted by Crippen LogP contribution is -2.40. The van der Waals surface area contributed by atoms with Gasteiger partial charge in [-0.15, -0.1) is 0 Å². The van der Waals surface area contributed by atoms with E-state index in [1.54, 1.807) is 6.07 Å². The number of nitrogens with one attached hydrogen (secondary N) is 2. The molecule has 21 heavy (non-hydrogen) atoms. The van der Waals surface area contributed by atoms with Crippen molar-refractivity contribution < 1.29 is 4.79 Å². The highest BCUT2D eigenvalue weighted by molar-refractivity contribution is 6.31. The van der Waals surface area contributed by atoms with Gasteiger partial charge in [0.2, 0.25) is 5.91 Å². The monoisotopic (exact) mass is 309 g/mol. The fourth-order valence-electron chi connectivity index (χ4n) is 2.82. The Hall–Kier alpha value is -1.10. The van der Waals surface area contributed by atoms with Gasteiger partial charge in [-0.3, -0.25) is 9.69 Å². The van der Waals surface area contributed by atoms with Crippen LogP contribution in [0.4, 0.5) is 5.69 Å². The van der Waals surface area contributed by atoms with Crippen molar-refractivity contribution in [2.75, 3.05) is 31.5 Å². The molecule has 1 unspecified atom stereocenters. The van der Waals surface area contributed by atoms with E-state index in [1.165, 1.54) is 19.4 Å². The van der Waals surface area contributed by atoms with Crippen molar-refractivity contribution in [3.8, 4) is 0 Å². The topological polar surface area (TPSA) is 44.4 Å². The summed E-state index contributed by atoms with van der Waals surface area (Å²) in [6, 6.07) is 6.08. The normalized spacial score (nSPS) is 18.9. The predicted octanol–water partition coefficient (Wildman–Crippen LogP) is 2.66. The van der Waals surface area contributed by atoms with E-state index in [0.717, 1.165) is 24.3 Å². The van der Waals surface area contributed by atoms with Crippen LogP contribution in [-0.4, -0.2) is 43.0 Å².